The van der Waals surface area contributed by atoms with Gasteiger partial charge in [-0.3, -0.25) is 9.48 Å². The van der Waals surface area contributed by atoms with Crippen molar-refractivity contribution in [1.82, 2.24) is 24.4 Å². The van der Waals surface area contributed by atoms with Crippen LogP contribution in [0.15, 0.2) is 43.0 Å². The second-order valence-electron chi connectivity index (χ2n) is 9.48. The van der Waals surface area contributed by atoms with Crippen molar-refractivity contribution < 1.29 is 14.6 Å². The van der Waals surface area contributed by atoms with Crippen LogP contribution in [-0.4, -0.2) is 47.1 Å². The predicted molar refractivity (Wildman–Crippen MR) is 122 cm³/mol. The molecule has 33 heavy (non-hydrogen) atoms. The van der Waals surface area contributed by atoms with E-state index in [0.29, 0.717) is 29.1 Å². The van der Waals surface area contributed by atoms with Crippen molar-refractivity contribution in [3.8, 4) is 5.75 Å². The van der Waals surface area contributed by atoms with Gasteiger partial charge in [0.25, 0.3) is 5.91 Å². The van der Waals surface area contributed by atoms with E-state index in [1.54, 1.807) is 29.2 Å². The zero-order chi connectivity index (χ0) is 22.6. The van der Waals surface area contributed by atoms with E-state index in [0.717, 1.165) is 43.0 Å². The lowest BCUT2D eigenvalue weighted by molar-refractivity contribution is 0.00191. The first kappa shape index (κ1) is 20.2. The molecule has 4 aromatic rings. The third kappa shape index (κ3) is 3.93. The molecule has 9 heteroatoms. The molecule has 3 heterocycles. The van der Waals surface area contributed by atoms with E-state index in [9.17, 15) is 9.90 Å². The Morgan fingerprint density at radius 1 is 1.30 bits per heavy atom. The Hall–Kier alpha value is -3.46. The van der Waals surface area contributed by atoms with Crippen LogP contribution in [0.1, 0.15) is 61.8 Å². The van der Waals surface area contributed by atoms with Crippen LogP contribution in [0.2, 0.25) is 0 Å². The number of aromatic nitrogens is 5. The third-order valence-electron chi connectivity index (χ3n) is 6.52. The second kappa shape index (κ2) is 7.55. The monoisotopic (exact) mass is 446 g/mol. The van der Waals surface area contributed by atoms with Crippen LogP contribution < -0.4 is 10.1 Å². The van der Waals surface area contributed by atoms with Crippen molar-refractivity contribution in [2.24, 2.45) is 0 Å². The number of benzene rings is 1. The Kier molecular flexibility index (Phi) is 4.62. The van der Waals surface area contributed by atoms with Crippen molar-refractivity contribution >= 4 is 28.1 Å². The molecule has 0 bridgehead atoms. The molecule has 2 aliphatic rings. The number of ether oxygens (including phenoxy) is 1. The molecule has 2 fully saturated rings. The van der Waals surface area contributed by atoms with Crippen molar-refractivity contribution in [3.63, 3.8) is 0 Å². The number of carbonyl (C=O) groups is 1. The highest BCUT2D eigenvalue weighted by atomic mass is 16.5. The van der Waals surface area contributed by atoms with Crippen LogP contribution in [0.3, 0.4) is 0 Å². The Morgan fingerprint density at radius 3 is 3.00 bits per heavy atom. The highest BCUT2D eigenvalue weighted by Gasteiger charge is 2.32. The van der Waals surface area contributed by atoms with Gasteiger partial charge in [0.05, 0.1) is 35.0 Å². The van der Waals surface area contributed by atoms with Crippen LogP contribution in [-0.2, 0) is 0 Å². The number of amides is 1. The first-order chi connectivity index (χ1) is 15.9. The molecule has 170 valence electrons. The number of aliphatic hydroxyl groups is 1. The van der Waals surface area contributed by atoms with E-state index >= 15 is 0 Å². The number of anilines is 1. The Balaban J connectivity index is 1.35. The summed E-state index contributed by atoms with van der Waals surface area (Å²) in [7, 11) is 0. The fraction of sp³-hybridized carbons (Fsp3) is 0.417. The molecule has 1 amide bonds. The standard InChI is InChI=1S/C24H26N6O3/c1-24(32)7-2-4-16(12-24)30-14-15-10-18(21(11-19(15)28-30)33-17-5-6-17)23(31)27-20-13-26-29-9-3-8-25-22(20)29/h3,8-11,13-14,16-17,32H,2,4-7,12H2,1H3,(H,27,31)/t16-,24-/m1/s1. The Morgan fingerprint density at radius 2 is 2.18 bits per heavy atom. The second-order valence-corrected chi connectivity index (χ2v) is 9.48. The van der Waals surface area contributed by atoms with Gasteiger partial charge in [-0.2, -0.15) is 10.2 Å². The lowest BCUT2D eigenvalue weighted by Crippen LogP contribution is -2.33. The summed E-state index contributed by atoms with van der Waals surface area (Å²) in [5, 5.41) is 23.3. The van der Waals surface area contributed by atoms with Gasteiger partial charge in [-0.05, 0) is 57.6 Å². The van der Waals surface area contributed by atoms with Crippen LogP contribution in [0.25, 0.3) is 16.6 Å². The summed E-state index contributed by atoms with van der Waals surface area (Å²) in [6.45, 7) is 1.89. The molecule has 2 saturated carbocycles. The average molecular weight is 447 g/mol. The maximum atomic E-state index is 13.3. The minimum absolute atomic E-state index is 0.135. The van der Waals surface area contributed by atoms with Crippen molar-refractivity contribution in [2.75, 3.05) is 5.32 Å². The highest BCUT2D eigenvalue weighted by Crippen LogP contribution is 2.37. The van der Waals surface area contributed by atoms with E-state index in [-0.39, 0.29) is 18.1 Å². The molecule has 9 nitrogen and oxygen atoms in total. The lowest BCUT2D eigenvalue weighted by Gasteiger charge is -2.33. The van der Waals surface area contributed by atoms with Crippen molar-refractivity contribution in [1.29, 1.82) is 0 Å². The number of carbonyl (C=O) groups excluding carboxylic acids is 1. The molecule has 0 spiro atoms. The van der Waals surface area contributed by atoms with Crippen LogP contribution >= 0.6 is 0 Å². The van der Waals surface area contributed by atoms with E-state index in [2.05, 4.69) is 15.4 Å². The smallest absolute Gasteiger partial charge is 0.259 e. The minimum Gasteiger partial charge on any atom is -0.490 e. The maximum absolute atomic E-state index is 13.3. The largest absolute Gasteiger partial charge is 0.490 e. The molecule has 2 atom stereocenters. The molecule has 0 saturated heterocycles. The molecule has 6 rings (SSSR count). The van der Waals surface area contributed by atoms with E-state index < -0.39 is 5.60 Å². The normalized spacial score (nSPS) is 23.2. The third-order valence-corrected chi connectivity index (χ3v) is 6.52. The van der Waals surface area contributed by atoms with Gasteiger partial charge in [-0.15, -0.1) is 0 Å². The molecule has 0 unspecified atom stereocenters. The van der Waals surface area contributed by atoms with E-state index in [1.165, 1.54) is 0 Å². The summed E-state index contributed by atoms with van der Waals surface area (Å²) in [5.41, 5.74) is 1.69. The molecule has 2 aliphatic carbocycles. The number of nitrogens with zero attached hydrogens (tertiary/aromatic N) is 5. The van der Waals surface area contributed by atoms with Gasteiger partial charge in [0, 0.05) is 30.0 Å². The summed E-state index contributed by atoms with van der Waals surface area (Å²) < 4.78 is 9.65. The number of rotatable bonds is 5. The number of hydrogen-bond donors (Lipinski definition) is 2. The molecular formula is C24H26N6O3. The fourth-order valence-electron chi connectivity index (χ4n) is 4.66. The topological polar surface area (TPSA) is 107 Å². The summed E-state index contributed by atoms with van der Waals surface area (Å²) in [6.07, 6.45) is 12.5. The van der Waals surface area contributed by atoms with Gasteiger partial charge in [-0.1, -0.05) is 0 Å². The molecule has 0 radical (unpaired) electrons. The van der Waals surface area contributed by atoms with Crippen molar-refractivity contribution in [3.05, 3.63) is 48.5 Å². The Labute approximate surface area is 190 Å². The zero-order valence-corrected chi connectivity index (χ0v) is 18.4. The summed E-state index contributed by atoms with van der Waals surface area (Å²) >= 11 is 0. The van der Waals surface area contributed by atoms with Crippen LogP contribution in [0.4, 0.5) is 5.69 Å². The van der Waals surface area contributed by atoms with Crippen LogP contribution in [0, 0.1) is 0 Å². The Bertz CT molecular complexity index is 1350. The molecular weight excluding hydrogens is 420 g/mol. The average Bonchev–Trinajstić information content (AvgIpc) is 3.36. The molecule has 2 N–H and O–H groups in total. The minimum atomic E-state index is -0.672. The van der Waals surface area contributed by atoms with Gasteiger partial charge in [-0.25, -0.2) is 9.50 Å². The summed E-state index contributed by atoms with van der Waals surface area (Å²) in [4.78, 5) is 17.6. The lowest BCUT2D eigenvalue weighted by atomic mass is 9.83. The predicted octanol–water partition coefficient (Wildman–Crippen LogP) is 3.74. The van der Waals surface area contributed by atoms with Crippen LogP contribution in [0.5, 0.6) is 5.75 Å². The van der Waals surface area contributed by atoms with E-state index in [1.807, 2.05) is 29.9 Å². The number of fused-ring (bicyclic) bond motifs is 2. The maximum Gasteiger partial charge on any atom is 0.259 e. The van der Waals surface area contributed by atoms with Gasteiger partial charge in [0.1, 0.15) is 11.4 Å². The molecule has 3 aromatic heterocycles. The summed E-state index contributed by atoms with van der Waals surface area (Å²) in [6, 6.07) is 5.61. The van der Waals surface area contributed by atoms with Crippen molar-refractivity contribution in [2.45, 2.75) is 63.2 Å². The van der Waals surface area contributed by atoms with Gasteiger partial charge >= 0.3 is 0 Å². The van der Waals surface area contributed by atoms with E-state index in [4.69, 9.17) is 9.84 Å². The quantitative estimate of drug-likeness (QED) is 0.484. The number of hydrogen-bond acceptors (Lipinski definition) is 6. The number of nitrogens with one attached hydrogen (secondary N) is 1. The van der Waals surface area contributed by atoms with Gasteiger partial charge in [0.2, 0.25) is 0 Å². The highest BCUT2D eigenvalue weighted by molar-refractivity contribution is 6.09. The summed E-state index contributed by atoms with van der Waals surface area (Å²) in [5.74, 6) is 0.259. The first-order valence-electron chi connectivity index (χ1n) is 11.5. The molecule has 0 aliphatic heterocycles. The zero-order valence-electron chi connectivity index (χ0n) is 18.4. The molecule has 1 aromatic carbocycles. The van der Waals surface area contributed by atoms with Gasteiger partial charge < -0.3 is 15.2 Å². The van der Waals surface area contributed by atoms with Gasteiger partial charge in [0.15, 0.2) is 5.65 Å². The first-order valence-corrected chi connectivity index (χ1v) is 11.5. The SMILES string of the molecule is C[C@@]1(O)CCC[C@@H](n2cc3cc(C(=O)Nc4cnn5cccnc45)c(OC4CC4)cc3n2)C1. The fourth-order valence-corrected chi connectivity index (χ4v) is 4.66.